The lowest BCUT2D eigenvalue weighted by Gasteiger charge is -2.30. The Morgan fingerprint density at radius 2 is 2.38 bits per heavy atom. The topological polar surface area (TPSA) is 48.7 Å². The van der Waals surface area contributed by atoms with Gasteiger partial charge in [-0.1, -0.05) is 6.92 Å². The van der Waals surface area contributed by atoms with Crippen LogP contribution in [0.2, 0.25) is 0 Å². The molecule has 1 aliphatic heterocycles. The van der Waals surface area contributed by atoms with Crippen LogP contribution in [0.15, 0.2) is 22.8 Å². The highest BCUT2D eigenvalue weighted by molar-refractivity contribution is 5.77. The zero-order valence-electron chi connectivity index (χ0n) is 13.2. The van der Waals surface area contributed by atoms with Gasteiger partial charge in [0.1, 0.15) is 5.76 Å². The van der Waals surface area contributed by atoms with Gasteiger partial charge >= 0.3 is 0 Å². The Balaban J connectivity index is 1.78. The molecule has 5 heteroatoms. The number of hydrogen-bond donors (Lipinski definition) is 1. The fourth-order valence-corrected chi connectivity index (χ4v) is 2.79. The minimum Gasteiger partial charge on any atom is -0.467 e. The minimum absolute atomic E-state index is 0.150. The molecule has 0 radical (unpaired) electrons. The fraction of sp³-hybridized carbons (Fsp3) is 0.688. The first-order valence-electron chi connectivity index (χ1n) is 7.88. The summed E-state index contributed by atoms with van der Waals surface area (Å²) in [5.74, 6) is 1.64. The molecule has 0 aliphatic carbocycles. The average molecular weight is 293 g/mol. The van der Waals surface area contributed by atoms with Gasteiger partial charge in [0, 0.05) is 13.6 Å². The van der Waals surface area contributed by atoms with Gasteiger partial charge in [-0.15, -0.1) is 0 Å². The van der Waals surface area contributed by atoms with Gasteiger partial charge < -0.3 is 14.6 Å². The number of carbonyl (C=O) groups is 1. The molecule has 1 unspecified atom stereocenters. The first kappa shape index (κ1) is 16.0. The zero-order valence-corrected chi connectivity index (χ0v) is 13.2. The SMILES string of the molecule is CCN(CC(=O)N(C)Cc1ccco1)CC1CCCNC1. The number of amides is 1. The number of carbonyl (C=O) groups excluding carboxylic acids is 1. The summed E-state index contributed by atoms with van der Waals surface area (Å²) in [4.78, 5) is 16.3. The summed E-state index contributed by atoms with van der Waals surface area (Å²) in [5, 5.41) is 3.44. The van der Waals surface area contributed by atoms with E-state index >= 15 is 0 Å². The quantitative estimate of drug-likeness (QED) is 0.829. The second-order valence-corrected chi connectivity index (χ2v) is 5.87. The van der Waals surface area contributed by atoms with Crippen molar-refractivity contribution < 1.29 is 9.21 Å². The van der Waals surface area contributed by atoms with Gasteiger partial charge in [-0.05, 0) is 50.5 Å². The number of nitrogens with zero attached hydrogens (tertiary/aromatic N) is 2. The van der Waals surface area contributed by atoms with Crippen molar-refractivity contribution in [2.24, 2.45) is 5.92 Å². The monoisotopic (exact) mass is 293 g/mol. The molecule has 0 spiro atoms. The van der Waals surface area contributed by atoms with Gasteiger partial charge in [0.25, 0.3) is 0 Å². The van der Waals surface area contributed by atoms with E-state index in [9.17, 15) is 4.79 Å². The highest BCUT2D eigenvalue weighted by Gasteiger charge is 2.19. The summed E-state index contributed by atoms with van der Waals surface area (Å²) in [6, 6.07) is 3.75. The third-order valence-corrected chi connectivity index (χ3v) is 4.12. The van der Waals surface area contributed by atoms with Crippen LogP contribution < -0.4 is 5.32 Å². The molecule has 118 valence electrons. The molecule has 1 N–H and O–H groups in total. The molecule has 1 aromatic heterocycles. The van der Waals surface area contributed by atoms with Crippen LogP contribution in [0.1, 0.15) is 25.5 Å². The third kappa shape index (κ3) is 5.17. The highest BCUT2D eigenvalue weighted by Crippen LogP contribution is 2.12. The molecule has 5 nitrogen and oxygen atoms in total. The van der Waals surface area contributed by atoms with E-state index in [4.69, 9.17) is 4.42 Å². The first-order valence-corrected chi connectivity index (χ1v) is 7.88. The average Bonchev–Trinajstić information content (AvgIpc) is 3.00. The maximum Gasteiger partial charge on any atom is 0.236 e. The van der Waals surface area contributed by atoms with Crippen LogP contribution in [0.5, 0.6) is 0 Å². The maximum absolute atomic E-state index is 12.3. The molecule has 21 heavy (non-hydrogen) atoms. The van der Waals surface area contributed by atoms with E-state index in [1.165, 1.54) is 12.8 Å². The summed E-state index contributed by atoms with van der Waals surface area (Å²) < 4.78 is 5.29. The van der Waals surface area contributed by atoms with E-state index in [0.717, 1.165) is 31.9 Å². The number of furan rings is 1. The van der Waals surface area contributed by atoms with Gasteiger partial charge in [0.15, 0.2) is 0 Å². The van der Waals surface area contributed by atoms with Crippen molar-refractivity contribution in [3.63, 3.8) is 0 Å². The first-order chi connectivity index (χ1) is 10.2. The van der Waals surface area contributed by atoms with Gasteiger partial charge in [-0.3, -0.25) is 9.69 Å². The molecule has 1 atom stereocenters. The Morgan fingerprint density at radius 1 is 1.52 bits per heavy atom. The highest BCUT2D eigenvalue weighted by atomic mass is 16.3. The lowest BCUT2D eigenvalue weighted by molar-refractivity contribution is -0.132. The van der Waals surface area contributed by atoms with E-state index in [2.05, 4.69) is 17.1 Å². The van der Waals surface area contributed by atoms with Crippen LogP contribution in [-0.4, -0.2) is 55.5 Å². The van der Waals surface area contributed by atoms with E-state index < -0.39 is 0 Å². The summed E-state index contributed by atoms with van der Waals surface area (Å²) in [6.45, 7) is 7.27. The van der Waals surface area contributed by atoms with Gasteiger partial charge in [-0.25, -0.2) is 0 Å². The molecule has 1 amide bonds. The normalized spacial score (nSPS) is 18.9. The molecule has 0 bridgehead atoms. The Kier molecular flexibility index (Phi) is 6.26. The Hall–Kier alpha value is -1.33. The molecule has 0 saturated carbocycles. The molecule has 2 heterocycles. The van der Waals surface area contributed by atoms with Gasteiger partial charge in [0.2, 0.25) is 5.91 Å². The second-order valence-electron chi connectivity index (χ2n) is 5.87. The predicted molar refractivity (Wildman–Crippen MR) is 82.9 cm³/mol. The summed E-state index contributed by atoms with van der Waals surface area (Å²) in [7, 11) is 1.83. The van der Waals surface area contributed by atoms with Gasteiger partial charge in [-0.2, -0.15) is 0 Å². The van der Waals surface area contributed by atoms with Crippen molar-refractivity contribution in [2.75, 3.05) is 39.8 Å². The van der Waals surface area contributed by atoms with Crippen LogP contribution in [0.25, 0.3) is 0 Å². The summed E-state index contributed by atoms with van der Waals surface area (Å²) in [5.41, 5.74) is 0. The molecule has 1 saturated heterocycles. The van der Waals surface area contributed by atoms with Crippen LogP contribution in [0.3, 0.4) is 0 Å². The van der Waals surface area contributed by atoms with E-state index in [0.29, 0.717) is 19.0 Å². The Morgan fingerprint density at radius 3 is 3.00 bits per heavy atom. The molecule has 1 fully saturated rings. The maximum atomic E-state index is 12.3. The molecule has 0 aromatic carbocycles. The largest absolute Gasteiger partial charge is 0.467 e. The predicted octanol–water partition coefficient (Wildman–Crippen LogP) is 1.56. The van der Waals surface area contributed by atoms with Crippen LogP contribution in [-0.2, 0) is 11.3 Å². The molecule has 2 rings (SSSR count). The number of nitrogens with one attached hydrogen (secondary N) is 1. The number of hydrogen-bond acceptors (Lipinski definition) is 4. The van der Waals surface area contributed by atoms with Crippen LogP contribution in [0, 0.1) is 5.92 Å². The molecular formula is C16H27N3O2. The van der Waals surface area contributed by atoms with E-state index in [1.807, 2.05) is 19.2 Å². The smallest absolute Gasteiger partial charge is 0.236 e. The summed E-state index contributed by atoms with van der Waals surface area (Å²) in [6.07, 6.45) is 4.15. The fourth-order valence-electron chi connectivity index (χ4n) is 2.79. The van der Waals surface area contributed by atoms with Crippen molar-refractivity contribution in [1.82, 2.24) is 15.1 Å². The zero-order chi connectivity index (χ0) is 15.1. The van der Waals surface area contributed by atoms with Crippen LogP contribution in [0.4, 0.5) is 0 Å². The van der Waals surface area contributed by atoms with E-state index in [-0.39, 0.29) is 5.91 Å². The van der Waals surface area contributed by atoms with Crippen molar-refractivity contribution in [1.29, 1.82) is 0 Å². The third-order valence-electron chi connectivity index (χ3n) is 4.12. The molecular weight excluding hydrogens is 266 g/mol. The second kappa shape index (κ2) is 8.20. The molecule has 1 aliphatic rings. The van der Waals surface area contributed by atoms with Crippen molar-refractivity contribution in [2.45, 2.75) is 26.3 Å². The number of piperidine rings is 1. The van der Waals surface area contributed by atoms with Crippen molar-refractivity contribution >= 4 is 5.91 Å². The number of rotatable bonds is 7. The van der Waals surface area contributed by atoms with Crippen molar-refractivity contribution in [3.8, 4) is 0 Å². The van der Waals surface area contributed by atoms with Gasteiger partial charge in [0.05, 0.1) is 19.4 Å². The number of likely N-dealkylation sites (N-methyl/N-ethyl adjacent to an activating group) is 2. The lowest BCUT2D eigenvalue weighted by atomic mass is 9.99. The Labute approximate surface area is 127 Å². The Bertz CT molecular complexity index is 413. The standard InChI is InChI=1S/C16H27N3O2/c1-3-19(11-14-6-4-8-17-10-14)13-16(20)18(2)12-15-7-5-9-21-15/h5,7,9,14,17H,3-4,6,8,10-13H2,1-2H3. The minimum atomic E-state index is 0.150. The van der Waals surface area contributed by atoms with Crippen LogP contribution >= 0.6 is 0 Å². The summed E-state index contributed by atoms with van der Waals surface area (Å²) >= 11 is 0. The molecule has 1 aromatic rings. The van der Waals surface area contributed by atoms with Crippen molar-refractivity contribution in [3.05, 3.63) is 24.2 Å². The lowest BCUT2D eigenvalue weighted by Crippen LogP contribution is -2.43. The van der Waals surface area contributed by atoms with E-state index in [1.54, 1.807) is 11.2 Å².